The number of anilines is 1. The molecule has 0 N–H and O–H groups in total. The minimum absolute atomic E-state index is 0.0932. The van der Waals surface area contributed by atoms with Crippen LogP contribution in [0.2, 0.25) is 5.02 Å². The van der Waals surface area contributed by atoms with Crippen LogP contribution in [0.1, 0.15) is 35.2 Å². The molecule has 26 heavy (non-hydrogen) atoms. The minimum atomic E-state index is 0.0932. The van der Waals surface area contributed by atoms with Crippen LogP contribution in [-0.2, 0) is 0 Å². The summed E-state index contributed by atoms with van der Waals surface area (Å²) in [6.07, 6.45) is 3.64. The molecule has 1 fully saturated rings. The first-order chi connectivity index (χ1) is 12.7. The molecule has 1 aromatic heterocycles. The van der Waals surface area contributed by atoms with Gasteiger partial charge < -0.3 is 4.90 Å². The van der Waals surface area contributed by atoms with Crippen molar-refractivity contribution in [3.8, 4) is 10.4 Å². The maximum absolute atomic E-state index is 13.2. The average Bonchev–Trinajstić information content (AvgIpc) is 3.14. The predicted molar refractivity (Wildman–Crippen MR) is 111 cm³/mol. The summed E-state index contributed by atoms with van der Waals surface area (Å²) in [6.45, 7) is 2.04. The molecule has 2 nitrogen and oxygen atoms in total. The lowest BCUT2D eigenvalue weighted by atomic mass is 10.0. The van der Waals surface area contributed by atoms with Gasteiger partial charge in [-0.3, -0.25) is 4.79 Å². The average molecular weight is 382 g/mol. The number of piperidine rings is 1. The predicted octanol–water partition coefficient (Wildman–Crippen LogP) is 6.29. The number of carbonyl (C=O) groups is 1. The summed E-state index contributed by atoms with van der Waals surface area (Å²) in [5.74, 6) is 0.0932. The van der Waals surface area contributed by atoms with E-state index in [0.717, 1.165) is 39.7 Å². The van der Waals surface area contributed by atoms with Crippen LogP contribution in [0.25, 0.3) is 10.4 Å². The van der Waals surface area contributed by atoms with Gasteiger partial charge in [0.25, 0.3) is 0 Å². The Morgan fingerprint density at radius 2 is 1.69 bits per heavy atom. The van der Waals surface area contributed by atoms with E-state index in [4.69, 9.17) is 11.6 Å². The van der Waals surface area contributed by atoms with Gasteiger partial charge in [-0.25, -0.2) is 0 Å². The fraction of sp³-hybridized carbons (Fsp3) is 0.227. The van der Waals surface area contributed by atoms with Gasteiger partial charge in [0.1, 0.15) is 5.00 Å². The number of rotatable bonds is 4. The molecule has 0 spiro atoms. The van der Waals surface area contributed by atoms with Crippen molar-refractivity contribution in [1.82, 2.24) is 0 Å². The summed E-state index contributed by atoms with van der Waals surface area (Å²) < 4.78 is 0. The third kappa shape index (κ3) is 3.55. The summed E-state index contributed by atoms with van der Waals surface area (Å²) in [4.78, 5) is 16.6. The Bertz CT molecular complexity index is 913. The number of ketones is 1. The first-order valence-corrected chi connectivity index (χ1v) is 10.2. The van der Waals surface area contributed by atoms with Crippen molar-refractivity contribution in [2.45, 2.75) is 19.3 Å². The van der Waals surface area contributed by atoms with Gasteiger partial charge in [0.05, 0.1) is 5.56 Å². The van der Waals surface area contributed by atoms with Crippen molar-refractivity contribution in [3.63, 3.8) is 0 Å². The molecule has 0 amide bonds. The van der Waals surface area contributed by atoms with Crippen LogP contribution in [0.4, 0.5) is 5.00 Å². The fourth-order valence-corrected chi connectivity index (χ4v) is 4.80. The number of hydrogen-bond acceptors (Lipinski definition) is 3. The van der Waals surface area contributed by atoms with Crippen molar-refractivity contribution in [3.05, 3.63) is 76.8 Å². The van der Waals surface area contributed by atoms with E-state index in [2.05, 4.69) is 11.0 Å². The highest BCUT2D eigenvalue weighted by Gasteiger charge is 2.23. The van der Waals surface area contributed by atoms with Crippen molar-refractivity contribution in [2.24, 2.45) is 0 Å². The summed E-state index contributed by atoms with van der Waals surface area (Å²) in [6, 6.07) is 19.4. The summed E-state index contributed by atoms with van der Waals surface area (Å²) in [5, 5.41) is 1.81. The number of thiophene rings is 1. The third-order valence-electron chi connectivity index (χ3n) is 4.75. The smallest absolute Gasteiger partial charge is 0.196 e. The number of carbonyl (C=O) groups excluding carboxylic acids is 1. The molecule has 1 aliphatic rings. The highest BCUT2D eigenvalue weighted by Crippen LogP contribution is 2.40. The van der Waals surface area contributed by atoms with E-state index in [-0.39, 0.29) is 5.78 Å². The molecule has 0 bridgehead atoms. The molecule has 2 aromatic carbocycles. The molecule has 0 atom stereocenters. The molecule has 4 rings (SSSR count). The third-order valence-corrected chi connectivity index (χ3v) is 6.23. The van der Waals surface area contributed by atoms with E-state index in [1.54, 1.807) is 11.3 Å². The second-order valence-electron chi connectivity index (χ2n) is 6.58. The van der Waals surface area contributed by atoms with Gasteiger partial charge in [0, 0.05) is 28.6 Å². The Kier molecular flexibility index (Phi) is 5.09. The molecule has 0 unspecified atom stereocenters. The number of hydrogen-bond donors (Lipinski definition) is 0. The quantitative estimate of drug-likeness (QED) is 0.495. The zero-order valence-corrected chi connectivity index (χ0v) is 16.0. The van der Waals surface area contributed by atoms with Crippen LogP contribution in [0.5, 0.6) is 0 Å². The summed E-state index contributed by atoms with van der Waals surface area (Å²) in [5.41, 5.74) is 2.60. The van der Waals surface area contributed by atoms with E-state index in [1.807, 2.05) is 54.6 Å². The monoisotopic (exact) mass is 381 g/mol. The van der Waals surface area contributed by atoms with Crippen LogP contribution in [-0.4, -0.2) is 18.9 Å². The number of nitrogens with zero attached hydrogens (tertiary/aromatic N) is 1. The second-order valence-corrected chi connectivity index (χ2v) is 8.05. The molecule has 0 aliphatic carbocycles. The Labute approximate surface area is 163 Å². The molecule has 1 saturated heterocycles. The standard InChI is InChI=1S/C22H20ClNOS/c23-18-11-7-10-17(14-18)20-15-19(21(25)16-8-3-1-4-9-16)22(26-20)24-12-5-2-6-13-24/h1,3-4,7-11,14-15H,2,5-6,12-13H2. The zero-order valence-electron chi connectivity index (χ0n) is 14.5. The topological polar surface area (TPSA) is 20.3 Å². The normalized spacial score (nSPS) is 14.4. The van der Waals surface area contributed by atoms with Gasteiger partial charge in [-0.05, 0) is 43.0 Å². The summed E-state index contributed by atoms with van der Waals surface area (Å²) >= 11 is 7.87. The lowest BCUT2D eigenvalue weighted by Crippen LogP contribution is -2.29. The van der Waals surface area contributed by atoms with Crippen LogP contribution < -0.4 is 4.90 Å². The second kappa shape index (κ2) is 7.65. The first-order valence-electron chi connectivity index (χ1n) is 8.97. The lowest BCUT2D eigenvalue weighted by molar-refractivity contribution is 0.103. The van der Waals surface area contributed by atoms with Gasteiger partial charge >= 0.3 is 0 Å². The van der Waals surface area contributed by atoms with E-state index in [9.17, 15) is 4.79 Å². The zero-order chi connectivity index (χ0) is 17.9. The number of halogens is 1. The van der Waals surface area contributed by atoms with Crippen LogP contribution in [0.15, 0.2) is 60.7 Å². The maximum atomic E-state index is 13.2. The Hall–Kier alpha value is -2.10. The van der Waals surface area contributed by atoms with Gasteiger partial charge in [-0.1, -0.05) is 54.1 Å². The van der Waals surface area contributed by atoms with E-state index in [1.165, 1.54) is 19.3 Å². The van der Waals surface area contributed by atoms with Gasteiger partial charge in [0.15, 0.2) is 5.78 Å². The highest BCUT2D eigenvalue weighted by molar-refractivity contribution is 7.19. The highest BCUT2D eigenvalue weighted by atomic mass is 35.5. The van der Waals surface area contributed by atoms with Crippen LogP contribution >= 0.6 is 22.9 Å². The Morgan fingerprint density at radius 3 is 2.42 bits per heavy atom. The molecular formula is C22H20ClNOS. The first kappa shape index (κ1) is 17.3. The molecule has 2 heterocycles. The largest absolute Gasteiger partial charge is 0.363 e. The van der Waals surface area contributed by atoms with Crippen molar-refractivity contribution < 1.29 is 4.79 Å². The minimum Gasteiger partial charge on any atom is -0.363 e. The number of benzene rings is 2. The van der Waals surface area contributed by atoms with Gasteiger partial charge in [-0.2, -0.15) is 0 Å². The van der Waals surface area contributed by atoms with Crippen molar-refractivity contribution >= 4 is 33.7 Å². The maximum Gasteiger partial charge on any atom is 0.196 e. The molecule has 1 aliphatic heterocycles. The fourth-order valence-electron chi connectivity index (χ4n) is 3.41. The van der Waals surface area contributed by atoms with Gasteiger partial charge in [0.2, 0.25) is 0 Å². The molecule has 3 aromatic rings. The molecule has 4 heteroatoms. The van der Waals surface area contributed by atoms with Crippen LogP contribution in [0.3, 0.4) is 0 Å². The van der Waals surface area contributed by atoms with Crippen molar-refractivity contribution in [2.75, 3.05) is 18.0 Å². The Morgan fingerprint density at radius 1 is 0.923 bits per heavy atom. The van der Waals surface area contributed by atoms with Crippen LogP contribution in [0, 0.1) is 0 Å². The Balaban J connectivity index is 1.79. The molecule has 0 saturated carbocycles. The van der Waals surface area contributed by atoms with E-state index < -0.39 is 0 Å². The molecule has 0 radical (unpaired) electrons. The molecule has 132 valence electrons. The SMILES string of the molecule is O=C(c1ccccc1)c1cc(-c2cccc(Cl)c2)sc1N1CCCCC1. The molecular weight excluding hydrogens is 362 g/mol. The lowest BCUT2D eigenvalue weighted by Gasteiger charge is -2.28. The van der Waals surface area contributed by atoms with Gasteiger partial charge in [-0.15, -0.1) is 11.3 Å². The van der Waals surface area contributed by atoms with E-state index in [0.29, 0.717) is 5.02 Å². The van der Waals surface area contributed by atoms with E-state index >= 15 is 0 Å². The van der Waals surface area contributed by atoms with Crippen molar-refractivity contribution in [1.29, 1.82) is 0 Å². The summed E-state index contributed by atoms with van der Waals surface area (Å²) in [7, 11) is 0.